The Bertz CT molecular complexity index is 317. The van der Waals surface area contributed by atoms with E-state index in [1.54, 1.807) is 0 Å². The third-order valence-electron chi connectivity index (χ3n) is 4.37. The fourth-order valence-corrected chi connectivity index (χ4v) is 2.94. The fraction of sp³-hybridized carbons (Fsp3) is 0.938. The average molecular weight is 315 g/mol. The molecule has 0 aromatic carbocycles. The quantitative estimate of drug-likeness (QED) is 0.560. The van der Waals surface area contributed by atoms with Crippen molar-refractivity contribution in [1.29, 1.82) is 0 Å². The van der Waals surface area contributed by atoms with Crippen molar-refractivity contribution >= 4 is 17.7 Å². The van der Waals surface area contributed by atoms with E-state index in [9.17, 15) is 0 Å². The molecule has 5 heteroatoms. The molecule has 0 aromatic heterocycles. The van der Waals surface area contributed by atoms with Crippen LogP contribution in [0.5, 0.6) is 0 Å². The van der Waals surface area contributed by atoms with E-state index in [1.807, 2.05) is 18.8 Å². The number of aliphatic imine (C=N–C) groups is 1. The SMILES string of the molecule is CCC1CCCCN1CCNC(=NC)NCC(C)(C)SC. The summed E-state index contributed by atoms with van der Waals surface area (Å²) in [5, 5.41) is 6.87. The number of hydrogen-bond donors (Lipinski definition) is 2. The molecular weight excluding hydrogens is 280 g/mol. The maximum atomic E-state index is 4.31. The van der Waals surface area contributed by atoms with E-state index >= 15 is 0 Å². The maximum absolute atomic E-state index is 4.31. The molecule has 2 N–H and O–H groups in total. The number of likely N-dealkylation sites (tertiary alicyclic amines) is 1. The van der Waals surface area contributed by atoms with Gasteiger partial charge in [-0.15, -0.1) is 0 Å². The van der Waals surface area contributed by atoms with Gasteiger partial charge in [0.15, 0.2) is 5.96 Å². The highest BCUT2D eigenvalue weighted by molar-refractivity contribution is 7.99. The number of thioether (sulfide) groups is 1. The summed E-state index contributed by atoms with van der Waals surface area (Å²) in [4.78, 5) is 6.95. The van der Waals surface area contributed by atoms with Crippen molar-refractivity contribution in [1.82, 2.24) is 15.5 Å². The monoisotopic (exact) mass is 314 g/mol. The van der Waals surface area contributed by atoms with Crippen LogP contribution in [-0.2, 0) is 0 Å². The van der Waals surface area contributed by atoms with Gasteiger partial charge in [0, 0.05) is 37.5 Å². The van der Waals surface area contributed by atoms with Crippen LogP contribution in [-0.4, -0.2) is 61.1 Å². The number of guanidine groups is 1. The summed E-state index contributed by atoms with van der Waals surface area (Å²) in [6.07, 6.45) is 7.54. The molecule has 1 heterocycles. The Kier molecular flexibility index (Phi) is 8.49. The molecule has 0 spiro atoms. The molecule has 0 radical (unpaired) electrons. The van der Waals surface area contributed by atoms with Gasteiger partial charge in [-0.25, -0.2) is 0 Å². The normalized spacial score (nSPS) is 21.4. The van der Waals surface area contributed by atoms with Gasteiger partial charge in [-0.2, -0.15) is 11.8 Å². The molecule has 1 saturated heterocycles. The van der Waals surface area contributed by atoms with E-state index in [0.717, 1.165) is 31.6 Å². The van der Waals surface area contributed by atoms with E-state index in [-0.39, 0.29) is 4.75 Å². The molecule has 4 nitrogen and oxygen atoms in total. The lowest BCUT2D eigenvalue weighted by molar-refractivity contribution is 0.147. The molecule has 0 aliphatic carbocycles. The molecule has 0 amide bonds. The van der Waals surface area contributed by atoms with E-state index in [4.69, 9.17) is 0 Å². The Hall–Kier alpha value is -0.420. The zero-order valence-corrected chi connectivity index (χ0v) is 15.4. The minimum absolute atomic E-state index is 0.234. The minimum atomic E-state index is 0.234. The third kappa shape index (κ3) is 6.92. The molecule has 0 saturated carbocycles. The maximum Gasteiger partial charge on any atom is 0.191 e. The van der Waals surface area contributed by atoms with E-state index < -0.39 is 0 Å². The molecule has 1 atom stereocenters. The topological polar surface area (TPSA) is 39.7 Å². The summed E-state index contributed by atoms with van der Waals surface area (Å²) in [7, 11) is 1.84. The van der Waals surface area contributed by atoms with Crippen LogP contribution in [0.1, 0.15) is 46.5 Å². The van der Waals surface area contributed by atoms with Crippen LogP contribution in [0.15, 0.2) is 4.99 Å². The second-order valence-electron chi connectivity index (χ2n) is 6.41. The lowest BCUT2D eigenvalue weighted by Crippen LogP contribution is -2.47. The van der Waals surface area contributed by atoms with Gasteiger partial charge >= 0.3 is 0 Å². The van der Waals surface area contributed by atoms with Crippen molar-refractivity contribution in [2.24, 2.45) is 4.99 Å². The Morgan fingerprint density at radius 1 is 1.33 bits per heavy atom. The van der Waals surface area contributed by atoms with E-state index in [1.165, 1.54) is 32.2 Å². The molecule has 1 unspecified atom stereocenters. The predicted molar refractivity (Wildman–Crippen MR) is 96.5 cm³/mol. The van der Waals surface area contributed by atoms with Gasteiger partial charge in [-0.05, 0) is 45.9 Å². The van der Waals surface area contributed by atoms with Crippen molar-refractivity contribution in [2.75, 3.05) is 39.5 Å². The highest BCUT2D eigenvalue weighted by Crippen LogP contribution is 2.19. The van der Waals surface area contributed by atoms with Gasteiger partial charge in [-0.3, -0.25) is 9.89 Å². The van der Waals surface area contributed by atoms with Crippen LogP contribution >= 0.6 is 11.8 Å². The van der Waals surface area contributed by atoms with Gasteiger partial charge in [0.1, 0.15) is 0 Å². The highest BCUT2D eigenvalue weighted by Gasteiger charge is 2.20. The first kappa shape index (κ1) is 18.6. The van der Waals surface area contributed by atoms with Gasteiger partial charge in [-0.1, -0.05) is 13.3 Å². The van der Waals surface area contributed by atoms with Crippen molar-refractivity contribution in [3.63, 3.8) is 0 Å². The Balaban J connectivity index is 2.28. The van der Waals surface area contributed by atoms with Crippen LogP contribution in [0.3, 0.4) is 0 Å². The predicted octanol–water partition coefficient (Wildman–Crippen LogP) is 2.56. The average Bonchev–Trinajstić information content (AvgIpc) is 2.51. The van der Waals surface area contributed by atoms with E-state index in [2.05, 4.69) is 47.6 Å². The molecule has 124 valence electrons. The zero-order valence-electron chi connectivity index (χ0n) is 14.5. The van der Waals surface area contributed by atoms with Crippen LogP contribution in [0.2, 0.25) is 0 Å². The van der Waals surface area contributed by atoms with Gasteiger partial charge < -0.3 is 10.6 Å². The molecule has 0 bridgehead atoms. The molecule has 1 rings (SSSR count). The fourth-order valence-electron chi connectivity index (χ4n) is 2.72. The largest absolute Gasteiger partial charge is 0.355 e. The molecule has 1 aliphatic heterocycles. The number of nitrogens with one attached hydrogen (secondary N) is 2. The molecule has 1 fully saturated rings. The van der Waals surface area contributed by atoms with Crippen molar-refractivity contribution in [3.8, 4) is 0 Å². The second kappa shape index (κ2) is 9.57. The summed E-state index contributed by atoms with van der Waals surface area (Å²) in [5.74, 6) is 0.919. The smallest absolute Gasteiger partial charge is 0.191 e. The van der Waals surface area contributed by atoms with Gasteiger partial charge in [0.2, 0.25) is 0 Å². The molecule has 0 aromatic rings. The Labute approximate surface area is 135 Å². The van der Waals surface area contributed by atoms with Crippen LogP contribution in [0, 0.1) is 0 Å². The Morgan fingerprint density at radius 2 is 2.10 bits per heavy atom. The number of nitrogens with zero attached hydrogens (tertiary/aromatic N) is 2. The standard InChI is InChI=1S/C16H34N4S/c1-6-14-9-7-8-11-20(14)12-10-18-15(17-4)19-13-16(2,3)21-5/h14H,6-13H2,1-5H3,(H2,17,18,19). The minimum Gasteiger partial charge on any atom is -0.355 e. The van der Waals surface area contributed by atoms with Crippen LogP contribution in [0.25, 0.3) is 0 Å². The highest BCUT2D eigenvalue weighted by atomic mass is 32.2. The number of piperidine rings is 1. The summed E-state index contributed by atoms with van der Waals surface area (Å²) in [6.45, 7) is 11.1. The van der Waals surface area contributed by atoms with Crippen molar-refractivity contribution in [3.05, 3.63) is 0 Å². The summed E-state index contributed by atoms with van der Waals surface area (Å²) < 4.78 is 0.234. The number of hydrogen-bond acceptors (Lipinski definition) is 3. The molecular formula is C16H34N4S. The summed E-state index contributed by atoms with van der Waals surface area (Å²) in [5.41, 5.74) is 0. The van der Waals surface area contributed by atoms with Crippen molar-refractivity contribution in [2.45, 2.75) is 57.2 Å². The van der Waals surface area contributed by atoms with E-state index in [0.29, 0.717) is 0 Å². The molecule has 1 aliphatic rings. The second-order valence-corrected chi connectivity index (χ2v) is 7.92. The first-order valence-corrected chi connectivity index (χ1v) is 9.48. The summed E-state index contributed by atoms with van der Waals surface area (Å²) >= 11 is 1.88. The van der Waals surface area contributed by atoms with Crippen LogP contribution < -0.4 is 10.6 Å². The number of rotatable bonds is 7. The van der Waals surface area contributed by atoms with Crippen molar-refractivity contribution < 1.29 is 0 Å². The van der Waals surface area contributed by atoms with Gasteiger partial charge in [0.25, 0.3) is 0 Å². The first-order chi connectivity index (χ1) is 10.0. The van der Waals surface area contributed by atoms with Gasteiger partial charge in [0.05, 0.1) is 0 Å². The lowest BCUT2D eigenvalue weighted by Gasteiger charge is -2.35. The summed E-state index contributed by atoms with van der Waals surface area (Å²) in [6, 6.07) is 0.783. The lowest BCUT2D eigenvalue weighted by atomic mass is 10.0. The Morgan fingerprint density at radius 3 is 2.71 bits per heavy atom. The first-order valence-electron chi connectivity index (χ1n) is 8.26. The molecule has 21 heavy (non-hydrogen) atoms. The van der Waals surface area contributed by atoms with Crippen LogP contribution in [0.4, 0.5) is 0 Å². The third-order valence-corrected chi connectivity index (χ3v) is 5.62. The zero-order chi connectivity index (χ0) is 15.7.